The summed E-state index contributed by atoms with van der Waals surface area (Å²) in [5, 5.41) is 2.73. The highest BCUT2D eigenvalue weighted by Crippen LogP contribution is 2.19. The van der Waals surface area contributed by atoms with E-state index in [-0.39, 0.29) is 22.9 Å². The van der Waals surface area contributed by atoms with Crippen LogP contribution in [0.5, 0.6) is 0 Å². The van der Waals surface area contributed by atoms with Gasteiger partial charge in [-0.3, -0.25) is 14.3 Å². The molecule has 30 heavy (non-hydrogen) atoms. The van der Waals surface area contributed by atoms with Gasteiger partial charge in [0, 0.05) is 19.3 Å². The van der Waals surface area contributed by atoms with Gasteiger partial charge in [0.25, 0.3) is 0 Å². The minimum atomic E-state index is -4.03. The first-order chi connectivity index (χ1) is 14.2. The Balaban J connectivity index is 1.80. The van der Waals surface area contributed by atoms with Gasteiger partial charge < -0.3 is 9.73 Å². The molecule has 160 valence electrons. The number of pyridine rings is 1. The van der Waals surface area contributed by atoms with Crippen LogP contribution in [-0.2, 0) is 28.4 Å². The number of sulfonamides is 1. The van der Waals surface area contributed by atoms with E-state index in [2.05, 4.69) is 15.0 Å². The van der Waals surface area contributed by atoms with Crippen LogP contribution in [0.15, 0.2) is 56.7 Å². The zero-order valence-corrected chi connectivity index (χ0v) is 17.8. The molecule has 0 fully saturated rings. The van der Waals surface area contributed by atoms with Crippen LogP contribution in [0.3, 0.4) is 0 Å². The van der Waals surface area contributed by atoms with Crippen LogP contribution in [-0.4, -0.2) is 29.9 Å². The monoisotopic (exact) mass is 432 g/mol. The Morgan fingerprint density at radius 2 is 2.00 bits per heavy atom. The summed E-state index contributed by atoms with van der Waals surface area (Å²) in [5.41, 5.74) is 1.30. The van der Waals surface area contributed by atoms with Gasteiger partial charge in [-0.25, -0.2) is 13.2 Å². The number of fused-ring (bicyclic) bond motifs is 1. The molecule has 0 spiro atoms. The van der Waals surface area contributed by atoms with Crippen LogP contribution in [0.2, 0.25) is 0 Å². The van der Waals surface area contributed by atoms with E-state index in [1.54, 1.807) is 24.4 Å². The normalized spacial score (nSPS) is 12.9. The lowest BCUT2D eigenvalue weighted by molar-refractivity contribution is -0.123. The minimum Gasteiger partial charge on any atom is -0.408 e. The molecule has 3 aromatic rings. The first kappa shape index (κ1) is 21.7. The third-order valence-corrected chi connectivity index (χ3v) is 6.03. The van der Waals surface area contributed by atoms with Gasteiger partial charge in [-0.1, -0.05) is 19.9 Å². The Morgan fingerprint density at radius 3 is 2.67 bits per heavy atom. The van der Waals surface area contributed by atoms with Gasteiger partial charge in [-0.15, -0.1) is 0 Å². The van der Waals surface area contributed by atoms with E-state index in [4.69, 9.17) is 4.42 Å². The topological polar surface area (TPSA) is 123 Å². The molecule has 9 nitrogen and oxygen atoms in total. The molecule has 0 bridgehead atoms. The number of nitrogens with zero attached hydrogens (tertiary/aromatic N) is 2. The van der Waals surface area contributed by atoms with Crippen molar-refractivity contribution in [2.45, 2.75) is 37.8 Å². The number of nitrogens with one attached hydrogen (secondary N) is 2. The first-order valence-corrected chi connectivity index (χ1v) is 10.9. The zero-order valence-electron chi connectivity index (χ0n) is 17.0. The molecule has 2 N–H and O–H groups in total. The van der Waals surface area contributed by atoms with Crippen molar-refractivity contribution in [3.8, 4) is 0 Å². The lowest BCUT2D eigenvalue weighted by atomic mass is 10.0. The summed E-state index contributed by atoms with van der Waals surface area (Å²) in [5.74, 6) is -0.947. The van der Waals surface area contributed by atoms with Gasteiger partial charge in [-0.2, -0.15) is 4.72 Å². The number of carbonyl (C=O) groups is 1. The number of rotatable bonds is 8. The fourth-order valence-corrected chi connectivity index (χ4v) is 4.24. The summed E-state index contributed by atoms with van der Waals surface area (Å²) >= 11 is 0. The standard InChI is InChI=1S/C20H24N4O5S/c1-13(2)10-16(19(25)22-12-14-6-4-5-9-21-14)23-30(27,28)15-7-8-17-18(11-15)29-20(26)24(17)3/h4-9,11,13,16,23H,10,12H2,1-3H3,(H,22,25)/t16-/m0/s1. The molecule has 0 aliphatic carbocycles. The molecule has 0 aliphatic rings. The molecule has 0 aliphatic heterocycles. The van der Waals surface area contributed by atoms with Gasteiger partial charge in [0.2, 0.25) is 15.9 Å². The number of carbonyl (C=O) groups excluding carboxylic acids is 1. The van der Waals surface area contributed by atoms with Crippen molar-refractivity contribution >= 4 is 27.0 Å². The van der Waals surface area contributed by atoms with Crippen molar-refractivity contribution in [2.75, 3.05) is 0 Å². The van der Waals surface area contributed by atoms with Crippen LogP contribution >= 0.6 is 0 Å². The third kappa shape index (κ3) is 4.95. The Hall–Kier alpha value is -2.98. The lowest BCUT2D eigenvalue weighted by Crippen LogP contribution is -2.47. The van der Waals surface area contributed by atoms with Crippen molar-refractivity contribution in [1.82, 2.24) is 19.6 Å². The average molecular weight is 433 g/mol. The van der Waals surface area contributed by atoms with Crippen molar-refractivity contribution in [3.63, 3.8) is 0 Å². The minimum absolute atomic E-state index is 0.0768. The van der Waals surface area contributed by atoms with E-state index in [0.29, 0.717) is 17.6 Å². The maximum absolute atomic E-state index is 12.9. The lowest BCUT2D eigenvalue weighted by Gasteiger charge is -2.20. The van der Waals surface area contributed by atoms with Gasteiger partial charge >= 0.3 is 5.76 Å². The summed E-state index contributed by atoms with van der Waals surface area (Å²) < 4.78 is 34.6. The van der Waals surface area contributed by atoms with Crippen LogP contribution in [0.1, 0.15) is 26.0 Å². The number of benzene rings is 1. The first-order valence-electron chi connectivity index (χ1n) is 9.47. The van der Waals surface area contributed by atoms with E-state index >= 15 is 0 Å². The molecule has 3 rings (SSSR count). The molecule has 1 amide bonds. The maximum atomic E-state index is 12.9. The molecule has 0 radical (unpaired) electrons. The maximum Gasteiger partial charge on any atom is 0.419 e. The van der Waals surface area contributed by atoms with E-state index in [0.717, 1.165) is 0 Å². The number of amides is 1. The number of hydrogen-bond donors (Lipinski definition) is 2. The van der Waals surface area contributed by atoms with Crippen molar-refractivity contribution in [3.05, 3.63) is 58.8 Å². The SMILES string of the molecule is CC(C)C[C@H](NS(=O)(=O)c1ccc2c(c1)oc(=O)n2C)C(=O)NCc1ccccn1. The molecule has 0 saturated heterocycles. The van der Waals surface area contributed by atoms with Gasteiger partial charge in [-0.05, 0) is 36.6 Å². The van der Waals surface area contributed by atoms with Crippen LogP contribution in [0, 0.1) is 5.92 Å². The summed E-state index contributed by atoms with van der Waals surface area (Å²) in [4.78, 5) is 28.4. The molecule has 1 aromatic carbocycles. The van der Waals surface area contributed by atoms with Gasteiger partial charge in [0.15, 0.2) is 5.58 Å². The highest BCUT2D eigenvalue weighted by Gasteiger charge is 2.27. The Labute approximate surface area is 174 Å². The molecule has 1 atom stereocenters. The van der Waals surface area contributed by atoms with Gasteiger partial charge in [0.1, 0.15) is 6.04 Å². The van der Waals surface area contributed by atoms with Gasteiger partial charge in [0.05, 0.1) is 22.7 Å². The fraction of sp³-hybridized carbons (Fsp3) is 0.350. The molecule has 0 saturated carbocycles. The summed E-state index contributed by atoms with van der Waals surface area (Å²) in [6.45, 7) is 3.99. The quantitative estimate of drug-likeness (QED) is 0.557. The molecule has 2 aromatic heterocycles. The average Bonchev–Trinajstić information content (AvgIpc) is 2.99. The number of hydrogen-bond acceptors (Lipinski definition) is 6. The van der Waals surface area contributed by atoms with E-state index < -0.39 is 27.7 Å². The van der Waals surface area contributed by atoms with Crippen molar-refractivity contribution in [1.29, 1.82) is 0 Å². The van der Waals surface area contributed by atoms with E-state index in [1.807, 2.05) is 13.8 Å². The van der Waals surface area contributed by atoms with Crippen LogP contribution in [0.4, 0.5) is 0 Å². The molecule has 2 heterocycles. The second-order valence-corrected chi connectivity index (χ2v) is 9.11. The Kier molecular flexibility index (Phi) is 6.37. The molecule has 10 heteroatoms. The van der Waals surface area contributed by atoms with E-state index in [9.17, 15) is 18.0 Å². The van der Waals surface area contributed by atoms with Crippen LogP contribution < -0.4 is 15.8 Å². The summed E-state index contributed by atoms with van der Waals surface area (Å²) in [7, 11) is -2.49. The summed E-state index contributed by atoms with van der Waals surface area (Å²) in [6.07, 6.45) is 1.93. The van der Waals surface area contributed by atoms with Crippen molar-refractivity contribution < 1.29 is 17.6 Å². The predicted molar refractivity (Wildman–Crippen MR) is 111 cm³/mol. The second-order valence-electron chi connectivity index (χ2n) is 7.40. The van der Waals surface area contributed by atoms with Crippen molar-refractivity contribution in [2.24, 2.45) is 13.0 Å². The molecular weight excluding hydrogens is 408 g/mol. The van der Waals surface area contributed by atoms with Crippen LogP contribution in [0.25, 0.3) is 11.1 Å². The smallest absolute Gasteiger partial charge is 0.408 e. The predicted octanol–water partition coefficient (Wildman–Crippen LogP) is 1.54. The molecule has 0 unspecified atom stereocenters. The fourth-order valence-electron chi connectivity index (χ4n) is 3.02. The highest BCUT2D eigenvalue weighted by molar-refractivity contribution is 7.89. The zero-order chi connectivity index (χ0) is 21.9. The summed E-state index contributed by atoms with van der Waals surface area (Å²) in [6, 6.07) is 8.53. The Bertz CT molecular complexity index is 1200. The molecular formula is C20H24N4O5S. The largest absolute Gasteiger partial charge is 0.419 e. The number of aromatic nitrogens is 2. The Morgan fingerprint density at radius 1 is 1.23 bits per heavy atom. The number of aryl methyl sites for hydroxylation is 1. The number of oxazole rings is 1. The second kappa shape index (κ2) is 8.80. The third-order valence-electron chi connectivity index (χ3n) is 4.56. The highest BCUT2D eigenvalue weighted by atomic mass is 32.2. The van der Waals surface area contributed by atoms with E-state index in [1.165, 1.54) is 29.8 Å².